The van der Waals surface area contributed by atoms with Crippen molar-refractivity contribution < 1.29 is 8.42 Å². The van der Waals surface area contributed by atoms with Gasteiger partial charge in [0.15, 0.2) is 0 Å². The van der Waals surface area contributed by atoms with Gasteiger partial charge < -0.3 is 0 Å². The average Bonchev–Trinajstić information content (AvgIpc) is 2.81. The lowest BCUT2D eigenvalue weighted by molar-refractivity contribution is 0.474. The summed E-state index contributed by atoms with van der Waals surface area (Å²) in [4.78, 5) is 0. The Bertz CT molecular complexity index is 332. The zero-order chi connectivity index (χ0) is 11.6. The highest BCUT2D eigenvalue weighted by molar-refractivity contribution is 7.90. The van der Waals surface area contributed by atoms with Crippen LogP contribution in [0, 0.1) is 5.41 Å². The van der Waals surface area contributed by atoms with E-state index in [0.29, 0.717) is 12.4 Å². The fourth-order valence-corrected chi connectivity index (χ4v) is 4.56. The summed E-state index contributed by atoms with van der Waals surface area (Å²) in [7, 11) is -3.06. The molecule has 0 unspecified atom stereocenters. The standard InChI is InChI=1S/C11H20ClNO2S/c12-8-7-11(5-6-11)9-13-16(14,15)10-3-1-2-4-10/h10,13H,1-9H2. The minimum absolute atomic E-state index is 0.140. The van der Waals surface area contributed by atoms with Crippen LogP contribution in [-0.4, -0.2) is 26.1 Å². The van der Waals surface area contributed by atoms with E-state index in [0.717, 1.165) is 44.9 Å². The molecule has 0 aromatic heterocycles. The molecule has 0 heterocycles. The number of halogens is 1. The normalized spacial score (nSPS) is 24.8. The number of hydrogen-bond acceptors (Lipinski definition) is 2. The SMILES string of the molecule is O=S(=O)(NCC1(CCCl)CC1)C1CCCC1. The molecular weight excluding hydrogens is 246 g/mol. The van der Waals surface area contributed by atoms with Crippen molar-refractivity contribution in [1.29, 1.82) is 0 Å². The van der Waals surface area contributed by atoms with Gasteiger partial charge in [-0.25, -0.2) is 13.1 Å². The number of alkyl halides is 1. The maximum atomic E-state index is 12.0. The number of sulfonamides is 1. The molecule has 3 nitrogen and oxygen atoms in total. The van der Waals surface area contributed by atoms with Crippen molar-refractivity contribution >= 4 is 21.6 Å². The molecule has 0 radical (unpaired) electrons. The van der Waals surface area contributed by atoms with E-state index in [9.17, 15) is 8.42 Å². The first-order valence-corrected chi connectivity index (χ1v) is 8.21. The molecule has 2 fully saturated rings. The maximum absolute atomic E-state index is 12.0. The van der Waals surface area contributed by atoms with E-state index in [2.05, 4.69) is 4.72 Å². The maximum Gasteiger partial charge on any atom is 0.214 e. The zero-order valence-electron chi connectivity index (χ0n) is 9.54. The van der Waals surface area contributed by atoms with Crippen molar-refractivity contribution in [3.05, 3.63) is 0 Å². The van der Waals surface area contributed by atoms with Gasteiger partial charge in [0.25, 0.3) is 0 Å². The Balaban J connectivity index is 1.84. The van der Waals surface area contributed by atoms with Gasteiger partial charge in [-0.15, -0.1) is 11.6 Å². The van der Waals surface area contributed by atoms with Crippen LogP contribution in [0.15, 0.2) is 0 Å². The average molecular weight is 266 g/mol. The van der Waals surface area contributed by atoms with Crippen molar-refractivity contribution in [1.82, 2.24) is 4.72 Å². The van der Waals surface area contributed by atoms with Crippen LogP contribution in [0.1, 0.15) is 44.9 Å². The smallest absolute Gasteiger partial charge is 0.214 e. The third-order valence-corrected chi connectivity index (χ3v) is 6.06. The van der Waals surface area contributed by atoms with Gasteiger partial charge in [0.2, 0.25) is 10.0 Å². The van der Waals surface area contributed by atoms with Gasteiger partial charge in [-0.1, -0.05) is 12.8 Å². The van der Waals surface area contributed by atoms with Crippen LogP contribution in [0.5, 0.6) is 0 Å². The van der Waals surface area contributed by atoms with Crippen molar-refractivity contribution in [3.8, 4) is 0 Å². The molecule has 0 amide bonds. The van der Waals surface area contributed by atoms with Crippen LogP contribution >= 0.6 is 11.6 Å². The quantitative estimate of drug-likeness (QED) is 0.749. The van der Waals surface area contributed by atoms with E-state index in [1.807, 2.05) is 0 Å². The minimum Gasteiger partial charge on any atom is -0.214 e. The number of nitrogens with one attached hydrogen (secondary N) is 1. The summed E-state index contributed by atoms with van der Waals surface area (Å²) < 4.78 is 26.7. The molecule has 0 atom stereocenters. The first-order valence-electron chi connectivity index (χ1n) is 6.12. The summed E-state index contributed by atoms with van der Waals surface area (Å²) in [5.41, 5.74) is 0.188. The first-order chi connectivity index (χ1) is 7.58. The van der Waals surface area contributed by atoms with Crippen molar-refractivity contribution in [2.24, 2.45) is 5.41 Å². The fourth-order valence-electron chi connectivity index (χ4n) is 2.46. The highest BCUT2D eigenvalue weighted by Gasteiger charge is 2.43. The third-order valence-electron chi connectivity index (χ3n) is 3.97. The number of rotatable bonds is 6. The van der Waals surface area contributed by atoms with Crippen LogP contribution in [-0.2, 0) is 10.0 Å². The van der Waals surface area contributed by atoms with E-state index in [4.69, 9.17) is 11.6 Å². The largest absolute Gasteiger partial charge is 0.214 e. The third kappa shape index (κ3) is 2.90. The van der Waals surface area contributed by atoms with Crippen molar-refractivity contribution in [2.45, 2.75) is 50.2 Å². The lowest BCUT2D eigenvalue weighted by Gasteiger charge is -2.17. The molecule has 16 heavy (non-hydrogen) atoms. The molecular formula is C11H20ClNO2S. The van der Waals surface area contributed by atoms with E-state index in [1.54, 1.807) is 0 Å². The Hall–Kier alpha value is 0.200. The molecule has 1 N–H and O–H groups in total. The van der Waals surface area contributed by atoms with E-state index in [1.165, 1.54) is 0 Å². The molecule has 94 valence electrons. The Morgan fingerprint density at radius 2 is 1.88 bits per heavy atom. The second kappa shape index (κ2) is 4.83. The summed E-state index contributed by atoms with van der Waals surface area (Å²) in [6, 6.07) is 0. The zero-order valence-corrected chi connectivity index (χ0v) is 11.1. The lowest BCUT2D eigenvalue weighted by Crippen LogP contribution is -2.36. The summed E-state index contributed by atoms with van der Waals surface area (Å²) in [6.45, 7) is 0.596. The van der Waals surface area contributed by atoms with Gasteiger partial charge in [-0.2, -0.15) is 0 Å². The van der Waals surface area contributed by atoms with Crippen LogP contribution in [0.25, 0.3) is 0 Å². The van der Waals surface area contributed by atoms with Crippen molar-refractivity contribution in [3.63, 3.8) is 0 Å². The Kier molecular flexibility index (Phi) is 3.82. The summed E-state index contributed by atoms with van der Waals surface area (Å²) in [6.07, 6.45) is 6.94. The first kappa shape index (κ1) is 12.7. The summed E-state index contributed by atoms with van der Waals surface area (Å²) in [5.74, 6) is 0.630. The molecule has 0 spiro atoms. The van der Waals surface area contributed by atoms with Gasteiger partial charge in [-0.05, 0) is 37.5 Å². The van der Waals surface area contributed by atoms with E-state index >= 15 is 0 Å². The van der Waals surface area contributed by atoms with Crippen molar-refractivity contribution in [2.75, 3.05) is 12.4 Å². The molecule has 2 saturated carbocycles. The molecule has 0 saturated heterocycles. The van der Waals surface area contributed by atoms with Gasteiger partial charge in [0.1, 0.15) is 0 Å². The predicted molar refractivity (Wildman–Crippen MR) is 66.2 cm³/mol. The topological polar surface area (TPSA) is 46.2 Å². The molecule has 2 aliphatic rings. The predicted octanol–water partition coefficient (Wildman–Crippen LogP) is 2.26. The molecule has 5 heteroatoms. The highest BCUT2D eigenvalue weighted by atomic mass is 35.5. The van der Waals surface area contributed by atoms with Gasteiger partial charge >= 0.3 is 0 Å². The van der Waals surface area contributed by atoms with Gasteiger partial charge in [0, 0.05) is 12.4 Å². The summed E-state index contributed by atoms with van der Waals surface area (Å²) >= 11 is 5.73. The Labute approximate surface area is 103 Å². The van der Waals surface area contributed by atoms with Crippen LogP contribution < -0.4 is 4.72 Å². The van der Waals surface area contributed by atoms with Gasteiger partial charge in [-0.3, -0.25) is 0 Å². The molecule has 0 aliphatic heterocycles. The monoisotopic (exact) mass is 265 g/mol. The lowest BCUT2D eigenvalue weighted by atomic mass is 10.1. The second-order valence-corrected chi connectivity index (χ2v) is 7.63. The molecule has 0 aromatic carbocycles. The van der Waals surface area contributed by atoms with E-state index in [-0.39, 0.29) is 10.7 Å². The molecule has 0 bridgehead atoms. The number of hydrogen-bond donors (Lipinski definition) is 1. The van der Waals surface area contributed by atoms with E-state index < -0.39 is 10.0 Å². The minimum atomic E-state index is -3.06. The van der Waals surface area contributed by atoms with Crippen LogP contribution in [0.4, 0.5) is 0 Å². The molecule has 2 rings (SSSR count). The fraction of sp³-hybridized carbons (Fsp3) is 1.00. The highest BCUT2D eigenvalue weighted by Crippen LogP contribution is 2.48. The molecule has 0 aromatic rings. The molecule has 2 aliphatic carbocycles. The summed E-state index contributed by atoms with van der Waals surface area (Å²) in [5, 5.41) is -0.140. The Morgan fingerprint density at radius 3 is 2.38 bits per heavy atom. The Morgan fingerprint density at radius 1 is 1.25 bits per heavy atom. The second-order valence-electron chi connectivity index (χ2n) is 5.21. The van der Waals surface area contributed by atoms with Gasteiger partial charge in [0.05, 0.1) is 5.25 Å². The van der Waals surface area contributed by atoms with Crippen LogP contribution in [0.3, 0.4) is 0 Å². The van der Waals surface area contributed by atoms with Crippen LogP contribution in [0.2, 0.25) is 0 Å².